The second kappa shape index (κ2) is 8.57. The molecule has 4 aromatic rings. The Labute approximate surface area is 190 Å². The van der Waals surface area contributed by atoms with Crippen molar-refractivity contribution >= 4 is 49.5 Å². The number of aromatic nitrogens is 2. The van der Waals surface area contributed by atoms with Gasteiger partial charge in [-0.15, -0.1) is 0 Å². The summed E-state index contributed by atoms with van der Waals surface area (Å²) in [6.07, 6.45) is 0. The number of para-hydroxylation sites is 2. The normalized spacial score (nSPS) is 15.4. The monoisotopic (exact) mass is 466 g/mol. The molecular weight excluding hydrogens is 444 g/mol. The number of benzene rings is 3. The highest BCUT2D eigenvalue weighted by atomic mass is 32.2. The average molecular weight is 467 g/mol. The molecular formula is C23H22N4O3S2. The third-order valence-corrected chi connectivity index (χ3v) is 8.40. The van der Waals surface area contributed by atoms with E-state index in [0.717, 1.165) is 21.8 Å². The Morgan fingerprint density at radius 2 is 1.66 bits per heavy atom. The minimum absolute atomic E-state index is 0.0155. The minimum Gasteiger partial charge on any atom is -0.339 e. The van der Waals surface area contributed by atoms with Crippen LogP contribution in [0, 0.1) is 0 Å². The van der Waals surface area contributed by atoms with Gasteiger partial charge in [0.15, 0.2) is 5.16 Å². The van der Waals surface area contributed by atoms with E-state index in [9.17, 15) is 13.2 Å². The number of piperazine rings is 1. The molecule has 1 aliphatic rings. The molecule has 1 saturated heterocycles. The molecule has 1 aliphatic heterocycles. The van der Waals surface area contributed by atoms with Crippen molar-refractivity contribution in [1.29, 1.82) is 0 Å². The molecule has 9 heteroatoms. The van der Waals surface area contributed by atoms with E-state index >= 15 is 0 Å². The third-order valence-electron chi connectivity index (χ3n) is 5.65. The molecule has 0 atom stereocenters. The first-order valence-corrected chi connectivity index (χ1v) is 12.8. The van der Waals surface area contributed by atoms with Gasteiger partial charge in [0.2, 0.25) is 15.9 Å². The van der Waals surface area contributed by atoms with Crippen molar-refractivity contribution < 1.29 is 13.2 Å². The summed E-state index contributed by atoms with van der Waals surface area (Å²) in [5, 5.41) is 2.60. The van der Waals surface area contributed by atoms with Crippen molar-refractivity contribution in [2.45, 2.75) is 10.1 Å². The van der Waals surface area contributed by atoms with Gasteiger partial charge in [-0.05, 0) is 35.0 Å². The number of imidazole rings is 1. The highest BCUT2D eigenvalue weighted by molar-refractivity contribution is 7.99. The quantitative estimate of drug-likeness (QED) is 0.456. The Morgan fingerprint density at radius 1 is 0.938 bits per heavy atom. The fraction of sp³-hybridized carbons (Fsp3) is 0.217. The lowest BCUT2D eigenvalue weighted by Gasteiger charge is -2.34. The molecule has 0 spiro atoms. The first-order chi connectivity index (χ1) is 15.5. The Bertz CT molecular complexity index is 1360. The zero-order chi connectivity index (χ0) is 22.1. The number of hydrogen-bond donors (Lipinski definition) is 1. The number of nitrogens with one attached hydrogen (secondary N) is 1. The molecule has 0 radical (unpaired) electrons. The molecule has 7 nitrogen and oxygen atoms in total. The maximum atomic E-state index is 13.1. The van der Waals surface area contributed by atoms with E-state index in [1.54, 1.807) is 17.0 Å². The van der Waals surface area contributed by atoms with Crippen LogP contribution >= 0.6 is 11.8 Å². The first-order valence-electron chi connectivity index (χ1n) is 10.3. The van der Waals surface area contributed by atoms with Crippen molar-refractivity contribution in [3.05, 3.63) is 66.7 Å². The van der Waals surface area contributed by atoms with Crippen LogP contribution in [0.3, 0.4) is 0 Å². The number of hydrogen-bond acceptors (Lipinski definition) is 5. The molecule has 32 heavy (non-hydrogen) atoms. The summed E-state index contributed by atoms with van der Waals surface area (Å²) >= 11 is 1.36. The molecule has 0 aliphatic carbocycles. The van der Waals surface area contributed by atoms with Crippen LogP contribution in [0.5, 0.6) is 0 Å². The molecule has 5 rings (SSSR count). The van der Waals surface area contributed by atoms with Gasteiger partial charge in [0.05, 0.1) is 21.7 Å². The number of sulfonamides is 1. The number of rotatable bonds is 5. The second-order valence-corrected chi connectivity index (χ2v) is 10.5. The Kier molecular flexibility index (Phi) is 5.62. The molecule has 2 heterocycles. The summed E-state index contributed by atoms with van der Waals surface area (Å²) in [4.78, 5) is 22.4. The molecule has 1 amide bonds. The SMILES string of the molecule is O=C(CSc1nc2ccccc2[nH]1)N1CCN(S(=O)(=O)c2ccc3ccccc3c2)CC1. The highest BCUT2D eigenvalue weighted by Crippen LogP contribution is 2.24. The predicted molar refractivity (Wildman–Crippen MR) is 126 cm³/mol. The van der Waals surface area contributed by atoms with Crippen molar-refractivity contribution in [3.63, 3.8) is 0 Å². The van der Waals surface area contributed by atoms with Gasteiger partial charge in [0.25, 0.3) is 0 Å². The van der Waals surface area contributed by atoms with E-state index in [1.807, 2.05) is 54.6 Å². The van der Waals surface area contributed by atoms with Crippen molar-refractivity contribution in [2.75, 3.05) is 31.9 Å². The number of carbonyl (C=O) groups is 1. The number of thioether (sulfide) groups is 1. The van der Waals surface area contributed by atoms with Gasteiger partial charge in [-0.2, -0.15) is 4.31 Å². The molecule has 1 aromatic heterocycles. The summed E-state index contributed by atoms with van der Waals surface area (Å²) in [5.74, 6) is 0.246. The summed E-state index contributed by atoms with van der Waals surface area (Å²) in [6, 6.07) is 20.6. The Morgan fingerprint density at radius 3 is 2.44 bits per heavy atom. The van der Waals surface area contributed by atoms with Gasteiger partial charge in [-0.1, -0.05) is 54.2 Å². The largest absolute Gasteiger partial charge is 0.339 e. The van der Waals surface area contributed by atoms with Crippen molar-refractivity contribution in [3.8, 4) is 0 Å². The van der Waals surface area contributed by atoms with Gasteiger partial charge < -0.3 is 9.88 Å². The first kappa shape index (κ1) is 21.0. The van der Waals surface area contributed by atoms with Crippen LogP contribution in [-0.2, 0) is 14.8 Å². The zero-order valence-electron chi connectivity index (χ0n) is 17.3. The smallest absolute Gasteiger partial charge is 0.243 e. The maximum absolute atomic E-state index is 13.1. The second-order valence-electron chi connectivity index (χ2n) is 7.64. The number of nitrogens with zero attached hydrogens (tertiary/aromatic N) is 3. The predicted octanol–water partition coefficient (Wildman–Crippen LogP) is 3.34. The van der Waals surface area contributed by atoms with Crippen LogP contribution in [0.25, 0.3) is 21.8 Å². The van der Waals surface area contributed by atoms with E-state index in [2.05, 4.69) is 9.97 Å². The van der Waals surface area contributed by atoms with E-state index in [0.29, 0.717) is 18.2 Å². The summed E-state index contributed by atoms with van der Waals surface area (Å²) < 4.78 is 27.7. The lowest BCUT2D eigenvalue weighted by Crippen LogP contribution is -2.50. The summed E-state index contributed by atoms with van der Waals surface area (Å²) in [7, 11) is -3.60. The molecule has 3 aromatic carbocycles. The van der Waals surface area contributed by atoms with Gasteiger partial charge in [-0.25, -0.2) is 13.4 Å². The zero-order valence-corrected chi connectivity index (χ0v) is 18.9. The van der Waals surface area contributed by atoms with E-state index < -0.39 is 10.0 Å². The van der Waals surface area contributed by atoms with Crippen LogP contribution in [0.1, 0.15) is 0 Å². The molecule has 0 saturated carbocycles. The molecule has 1 N–H and O–H groups in total. The maximum Gasteiger partial charge on any atom is 0.243 e. The lowest BCUT2D eigenvalue weighted by atomic mass is 10.1. The molecule has 1 fully saturated rings. The number of amides is 1. The van der Waals surface area contributed by atoms with E-state index in [-0.39, 0.29) is 29.6 Å². The lowest BCUT2D eigenvalue weighted by molar-refractivity contribution is -0.129. The van der Waals surface area contributed by atoms with Gasteiger partial charge >= 0.3 is 0 Å². The van der Waals surface area contributed by atoms with Gasteiger partial charge in [0, 0.05) is 26.2 Å². The standard InChI is InChI=1S/C23H22N4O3S2/c28-22(16-31-23-24-20-7-3-4-8-21(20)25-23)26-11-13-27(14-12-26)32(29,30)19-10-9-17-5-1-2-6-18(17)15-19/h1-10,15H,11-14,16H2,(H,24,25). The Balaban J connectivity index is 1.20. The van der Waals surface area contributed by atoms with Crippen molar-refractivity contribution in [2.24, 2.45) is 0 Å². The van der Waals surface area contributed by atoms with Crippen LogP contribution in [0.4, 0.5) is 0 Å². The van der Waals surface area contributed by atoms with Crippen LogP contribution < -0.4 is 0 Å². The summed E-state index contributed by atoms with van der Waals surface area (Å²) in [5.41, 5.74) is 1.81. The van der Waals surface area contributed by atoms with Crippen molar-refractivity contribution in [1.82, 2.24) is 19.2 Å². The minimum atomic E-state index is -3.60. The third kappa shape index (κ3) is 4.11. The Hall–Kier alpha value is -2.88. The summed E-state index contributed by atoms with van der Waals surface area (Å²) in [6.45, 7) is 1.34. The number of fused-ring (bicyclic) bond motifs is 2. The van der Waals surface area contributed by atoms with Crippen LogP contribution in [-0.4, -0.2) is 65.4 Å². The van der Waals surface area contributed by atoms with Crippen LogP contribution in [0.2, 0.25) is 0 Å². The fourth-order valence-electron chi connectivity index (χ4n) is 3.87. The fourth-order valence-corrected chi connectivity index (χ4v) is 6.12. The highest BCUT2D eigenvalue weighted by Gasteiger charge is 2.30. The van der Waals surface area contributed by atoms with E-state index in [4.69, 9.17) is 0 Å². The van der Waals surface area contributed by atoms with Crippen LogP contribution in [0.15, 0.2) is 76.8 Å². The molecule has 0 bridgehead atoms. The van der Waals surface area contributed by atoms with Gasteiger partial charge in [0.1, 0.15) is 0 Å². The molecule has 0 unspecified atom stereocenters. The van der Waals surface area contributed by atoms with E-state index in [1.165, 1.54) is 16.1 Å². The average Bonchev–Trinajstić information content (AvgIpc) is 3.25. The number of aromatic amines is 1. The van der Waals surface area contributed by atoms with Gasteiger partial charge in [-0.3, -0.25) is 4.79 Å². The topological polar surface area (TPSA) is 86.4 Å². The molecule has 164 valence electrons. The number of H-pyrrole nitrogens is 1. The number of carbonyl (C=O) groups excluding carboxylic acids is 1.